The van der Waals surface area contributed by atoms with Gasteiger partial charge in [-0.1, -0.05) is 6.92 Å². The summed E-state index contributed by atoms with van der Waals surface area (Å²) in [7, 11) is 0. The van der Waals surface area contributed by atoms with Crippen molar-refractivity contribution in [1.29, 1.82) is 0 Å². The third-order valence-electron chi connectivity index (χ3n) is 2.99. The molecule has 0 aromatic rings. The van der Waals surface area contributed by atoms with Crippen molar-refractivity contribution in [3.8, 4) is 0 Å². The lowest BCUT2D eigenvalue weighted by Gasteiger charge is -2.27. The summed E-state index contributed by atoms with van der Waals surface area (Å²) in [5.74, 6) is -0.995. The van der Waals surface area contributed by atoms with Crippen LogP contribution in [0.25, 0.3) is 0 Å². The fourth-order valence-corrected chi connectivity index (χ4v) is 1.64. The van der Waals surface area contributed by atoms with Gasteiger partial charge in [-0.3, -0.25) is 4.79 Å². The van der Waals surface area contributed by atoms with Gasteiger partial charge < -0.3 is 20.1 Å². The Bertz CT molecular complexity index is 295. The summed E-state index contributed by atoms with van der Waals surface area (Å²) in [5.41, 5.74) is 0. The van der Waals surface area contributed by atoms with Crippen LogP contribution in [0.3, 0.4) is 0 Å². The van der Waals surface area contributed by atoms with Gasteiger partial charge in [-0.05, 0) is 40.0 Å². The Labute approximate surface area is 121 Å². The summed E-state index contributed by atoms with van der Waals surface area (Å²) in [4.78, 5) is 24.1. The number of carboxylic acids is 1. The van der Waals surface area contributed by atoms with Crippen molar-refractivity contribution in [3.63, 3.8) is 0 Å². The van der Waals surface area contributed by atoms with E-state index in [1.165, 1.54) is 4.90 Å². The number of aliphatic carboxylic acids is 1. The van der Waals surface area contributed by atoms with Gasteiger partial charge in [0.25, 0.3) is 0 Å². The van der Waals surface area contributed by atoms with Crippen molar-refractivity contribution in [2.45, 2.75) is 59.1 Å². The number of hydrogen-bond donors (Lipinski definition) is 2. The van der Waals surface area contributed by atoms with Gasteiger partial charge >= 0.3 is 12.0 Å². The molecular weight excluding hydrogens is 260 g/mol. The molecule has 6 heteroatoms. The number of urea groups is 1. The molecule has 0 aromatic carbocycles. The van der Waals surface area contributed by atoms with Crippen LogP contribution in [-0.2, 0) is 9.53 Å². The first-order valence-corrected chi connectivity index (χ1v) is 7.26. The summed E-state index contributed by atoms with van der Waals surface area (Å²) < 4.78 is 5.40. The Hall–Kier alpha value is -1.30. The van der Waals surface area contributed by atoms with Gasteiger partial charge in [-0.15, -0.1) is 0 Å². The molecule has 0 fully saturated rings. The van der Waals surface area contributed by atoms with Gasteiger partial charge in [0.1, 0.15) is 6.54 Å². The molecule has 0 aliphatic rings. The van der Waals surface area contributed by atoms with Crippen LogP contribution in [0, 0.1) is 0 Å². The molecule has 0 saturated carbocycles. The molecule has 0 rings (SSSR count). The van der Waals surface area contributed by atoms with Crippen molar-refractivity contribution >= 4 is 12.0 Å². The van der Waals surface area contributed by atoms with E-state index in [4.69, 9.17) is 9.84 Å². The minimum absolute atomic E-state index is 0.0876. The highest BCUT2D eigenvalue weighted by atomic mass is 16.5. The van der Waals surface area contributed by atoms with Crippen LogP contribution in [0.15, 0.2) is 0 Å². The smallest absolute Gasteiger partial charge is 0.323 e. The molecule has 0 heterocycles. The Kier molecular flexibility index (Phi) is 9.80. The zero-order chi connectivity index (χ0) is 15.5. The van der Waals surface area contributed by atoms with E-state index in [-0.39, 0.29) is 24.7 Å². The second-order valence-electron chi connectivity index (χ2n) is 5.14. The van der Waals surface area contributed by atoms with Crippen molar-refractivity contribution in [2.24, 2.45) is 0 Å². The summed E-state index contributed by atoms with van der Waals surface area (Å²) in [6.45, 7) is 8.69. The predicted molar refractivity (Wildman–Crippen MR) is 77.8 cm³/mol. The van der Waals surface area contributed by atoms with E-state index in [2.05, 4.69) is 5.32 Å². The van der Waals surface area contributed by atoms with Crippen LogP contribution < -0.4 is 5.32 Å². The maximum absolute atomic E-state index is 11.9. The molecule has 1 unspecified atom stereocenters. The molecule has 0 aliphatic heterocycles. The molecule has 2 N–H and O–H groups in total. The lowest BCUT2D eigenvalue weighted by Crippen LogP contribution is -2.47. The molecule has 1 atom stereocenters. The lowest BCUT2D eigenvalue weighted by atomic mass is 10.2. The number of nitrogens with one attached hydrogen (secondary N) is 1. The number of nitrogens with zero attached hydrogens (tertiary/aromatic N) is 1. The number of amides is 2. The van der Waals surface area contributed by atoms with Gasteiger partial charge in [0.05, 0.1) is 6.10 Å². The Balaban J connectivity index is 3.98. The van der Waals surface area contributed by atoms with Crippen molar-refractivity contribution in [1.82, 2.24) is 10.2 Å². The van der Waals surface area contributed by atoms with Crippen molar-refractivity contribution < 1.29 is 19.4 Å². The number of carbonyl (C=O) groups excluding carboxylic acids is 1. The number of rotatable bonds is 10. The third-order valence-corrected chi connectivity index (χ3v) is 2.99. The maximum atomic E-state index is 11.9. The molecule has 6 nitrogen and oxygen atoms in total. The first-order valence-electron chi connectivity index (χ1n) is 7.26. The van der Waals surface area contributed by atoms with Gasteiger partial charge in [0, 0.05) is 19.2 Å². The summed E-state index contributed by atoms with van der Waals surface area (Å²) in [5, 5.41) is 11.6. The lowest BCUT2D eigenvalue weighted by molar-refractivity contribution is -0.138. The van der Waals surface area contributed by atoms with Crippen LogP contribution in [0.5, 0.6) is 0 Å². The van der Waals surface area contributed by atoms with E-state index in [9.17, 15) is 9.59 Å². The van der Waals surface area contributed by atoms with Crippen LogP contribution >= 0.6 is 0 Å². The molecule has 2 amide bonds. The third kappa shape index (κ3) is 8.74. The fourth-order valence-electron chi connectivity index (χ4n) is 1.64. The quantitative estimate of drug-likeness (QED) is 0.603. The average Bonchev–Trinajstić information content (AvgIpc) is 2.38. The summed E-state index contributed by atoms with van der Waals surface area (Å²) in [6.07, 6.45) is 2.64. The highest BCUT2D eigenvalue weighted by Crippen LogP contribution is 2.04. The predicted octanol–water partition coefficient (Wildman–Crippen LogP) is 2.09. The second kappa shape index (κ2) is 10.5. The molecule has 0 spiro atoms. The van der Waals surface area contributed by atoms with Crippen molar-refractivity contribution in [2.75, 3.05) is 19.7 Å². The summed E-state index contributed by atoms with van der Waals surface area (Å²) in [6, 6.07) is -0.401. The van der Waals surface area contributed by atoms with E-state index in [0.29, 0.717) is 13.2 Å². The Morgan fingerprint density at radius 3 is 2.40 bits per heavy atom. The van der Waals surface area contributed by atoms with Crippen LogP contribution in [0.4, 0.5) is 4.79 Å². The number of carboxylic acid groups (broad SMARTS) is 1. The first-order chi connectivity index (χ1) is 9.38. The van der Waals surface area contributed by atoms with E-state index in [1.807, 2.05) is 27.7 Å². The fraction of sp³-hybridized carbons (Fsp3) is 0.857. The van der Waals surface area contributed by atoms with Gasteiger partial charge in [0.2, 0.25) is 0 Å². The molecule has 118 valence electrons. The molecule has 0 bridgehead atoms. The van der Waals surface area contributed by atoms with Gasteiger partial charge in [-0.25, -0.2) is 4.79 Å². The second-order valence-corrected chi connectivity index (χ2v) is 5.14. The van der Waals surface area contributed by atoms with Crippen LogP contribution in [0.1, 0.15) is 47.0 Å². The normalized spacial score (nSPS) is 12.2. The van der Waals surface area contributed by atoms with Crippen molar-refractivity contribution in [3.05, 3.63) is 0 Å². The highest BCUT2D eigenvalue weighted by molar-refractivity contribution is 5.80. The number of ether oxygens (including phenoxy) is 1. The molecule has 0 saturated heterocycles. The van der Waals surface area contributed by atoms with E-state index < -0.39 is 5.97 Å². The van der Waals surface area contributed by atoms with E-state index in [0.717, 1.165) is 19.3 Å². The minimum Gasteiger partial charge on any atom is -0.480 e. The highest BCUT2D eigenvalue weighted by Gasteiger charge is 2.20. The largest absolute Gasteiger partial charge is 0.480 e. The van der Waals surface area contributed by atoms with Crippen LogP contribution in [0.2, 0.25) is 0 Å². The zero-order valence-corrected chi connectivity index (χ0v) is 13.0. The number of unbranched alkanes of at least 4 members (excludes halogenated alkanes) is 1. The maximum Gasteiger partial charge on any atom is 0.323 e. The standard InChI is InChI=1S/C14H28N2O4/c1-5-12(4)16(10-13(17)18)14(19)15-8-6-7-9-20-11(2)3/h11-12H,5-10H2,1-4H3,(H,15,19)(H,17,18). The molecule has 0 radical (unpaired) electrons. The number of hydrogen-bond acceptors (Lipinski definition) is 3. The number of carbonyl (C=O) groups is 2. The minimum atomic E-state index is -0.995. The van der Waals surface area contributed by atoms with E-state index in [1.54, 1.807) is 0 Å². The topological polar surface area (TPSA) is 78.9 Å². The van der Waals surface area contributed by atoms with Crippen LogP contribution in [-0.4, -0.2) is 53.8 Å². The monoisotopic (exact) mass is 288 g/mol. The molecule has 0 aliphatic carbocycles. The molecular formula is C14H28N2O4. The van der Waals surface area contributed by atoms with Gasteiger partial charge in [-0.2, -0.15) is 0 Å². The average molecular weight is 288 g/mol. The SMILES string of the molecule is CCC(C)N(CC(=O)O)C(=O)NCCCCOC(C)C. The van der Waals surface area contributed by atoms with E-state index >= 15 is 0 Å². The van der Waals surface area contributed by atoms with Gasteiger partial charge in [0.15, 0.2) is 0 Å². The molecule has 20 heavy (non-hydrogen) atoms. The Morgan fingerprint density at radius 1 is 1.25 bits per heavy atom. The Morgan fingerprint density at radius 2 is 1.90 bits per heavy atom. The zero-order valence-electron chi connectivity index (χ0n) is 13.0. The molecule has 0 aromatic heterocycles. The summed E-state index contributed by atoms with van der Waals surface area (Å²) >= 11 is 0. The first kappa shape index (κ1) is 18.7.